The predicted octanol–water partition coefficient (Wildman–Crippen LogP) is 3.70. The summed E-state index contributed by atoms with van der Waals surface area (Å²) in [5.74, 6) is -0.160. The number of amides is 3. The van der Waals surface area contributed by atoms with Gasteiger partial charge in [0.1, 0.15) is 6.04 Å². The Hall–Kier alpha value is -3.58. The topological polar surface area (TPSA) is 103 Å². The second kappa shape index (κ2) is 10.6. The highest BCUT2D eigenvalue weighted by Crippen LogP contribution is 2.43. The van der Waals surface area contributed by atoms with Gasteiger partial charge >= 0.3 is 6.03 Å². The number of hydrogen-bond donors (Lipinski definition) is 4. The van der Waals surface area contributed by atoms with Crippen molar-refractivity contribution in [1.82, 2.24) is 20.5 Å². The normalized spacial score (nSPS) is 16.8. The van der Waals surface area contributed by atoms with E-state index in [9.17, 15) is 9.59 Å². The van der Waals surface area contributed by atoms with Crippen molar-refractivity contribution >= 4 is 28.9 Å². The van der Waals surface area contributed by atoms with Crippen LogP contribution >= 0.6 is 0 Å². The largest absolute Gasteiger partial charge is 0.361 e. The van der Waals surface area contributed by atoms with Crippen LogP contribution in [0.3, 0.4) is 0 Å². The monoisotopic (exact) mass is 485 g/mol. The standard InChI is InChI=1S/C29H35N5O2/c30-15-5-6-16-31-27(35)26(19-22-20-32-25-10-4-2-8-23(22)25)33-28(36)34-17-13-29(14-18-34)12-11-21-7-1-3-9-24(21)29/h1-4,7-12,20,26,32H,5-6,13-19,30H2,(H,31,35)(H,33,36)/t26-/m0/s1. The molecule has 1 spiro atoms. The van der Waals surface area contributed by atoms with E-state index < -0.39 is 6.04 Å². The number of benzene rings is 2. The maximum atomic E-state index is 13.3. The summed E-state index contributed by atoms with van der Waals surface area (Å²) in [6.45, 7) is 2.46. The molecule has 1 fully saturated rings. The number of nitrogens with two attached hydrogens (primary N) is 1. The number of carbonyl (C=O) groups is 2. The van der Waals surface area contributed by atoms with Crippen LogP contribution in [0, 0.1) is 0 Å². The number of likely N-dealkylation sites (tertiary alicyclic amines) is 1. The molecule has 7 nitrogen and oxygen atoms in total. The van der Waals surface area contributed by atoms with Crippen molar-refractivity contribution in [2.75, 3.05) is 26.2 Å². The van der Waals surface area contributed by atoms with E-state index >= 15 is 0 Å². The summed E-state index contributed by atoms with van der Waals surface area (Å²) in [5, 5.41) is 7.11. The number of hydrogen-bond acceptors (Lipinski definition) is 3. The lowest BCUT2D eigenvalue weighted by molar-refractivity contribution is -0.122. The first-order valence-electron chi connectivity index (χ1n) is 13.0. The molecule has 0 saturated carbocycles. The van der Waals surface area contributed by atoms with Gasteiger partial charge in [0.15, 0.2) is 0 Å². The summed E-state index contributed by atoms with van der Waals surface area (Å²) in [4.78, 5) is 31.6. The van der Waals surface area contributed by atoms with E-state index in [0.717, 1.165) is 42.1 Å². The van der Waals surface area contributed by atoms with Crippen molar-refractivity contribution < 1.29 is 9.59 Å². The van der Waals surface area contributed by atoms with Crippen molar-refractivity contribution in [3.8, 4) is 0 Å². The van der Waals surface area contributed by atoms with Crippen LogP contribution in [-0.4, -0.2) is 54.0 Å². The molecular formula is C29H35N5O2. The van der Waals surface area contributed by atoms with E-state index in [4.69, 9.17) is 5.73 Å². The van der Waals surface area contributed by atoms with Gasteiger partial charge in [0.05, 0.1) is 0 Å². The van der Waals surface area contributed by atoms with E-state index in [1.54, 1.807) is 0 Å². The fraction of sp³-hybridized carbons (Fsp3) is 0.379. The fourth-order valence-electron chi connectivity index (χ4n) is 5.55. The van der Waals surface area contributed by atoms with Crippen LogP contribution in [0.4, 0.5) is 4.79 Å². The quantitative estimate of drug-likeness (QED) is 0.366. The molecule has 2 aliphatic rings. The van der Waals surface area contributed by atoms with Crippen LogP contribution in [0.25, 0.3) is 17.0 Å². The molecule has 0 radical (unpaired) electrons. The summed E-state index contributed by atoms with van der Waals surface area (Å²) < 4.78 is 0. The van der Waals surface area contributed by atoms with Gasteiger partial charge in [0, 0.05) is 48.6 Å². The molecule has 1 aliphatic heterocycles. The Bertz CT molecular complexity index is 1260. The maximum absolute atomic E-state index is 13.3. The summed E-state index contributed by atoms with van der Waals surface area (Å²) in [6.07, 6.45) is 10.3. The number of para-hydroxylation sites is 1. The average Bonchev–Trinajstić information content (AvgIpc) is 3.48. The Labute approximate surface area is 212 Å². The number of aromatic amines is 1. The Balaban J connectivity index is 1.26. The van der Waals surface area contributed by atoms with Crippen molar-refractivity contribution in [1.29, 1.82) is 0 Å². The van der Waals surface area contributed by atoms with E-state index in [1.165, 1.54) is 11.1 Å². The summed E-state index contributed by atoms with van der Waals surface area (Å²) in [7, 11) is 0. The predicted molar refractivity (Wildman–Crippen MR) is 144 cm³/mol. The third kappa shape index (κ3) is 4.88. The number of allylic oxidation sites excluding steroid dienone is 1. The molecule has 36 heavy (non-hydrogen) atoms. The van der Waals surface area contributed by atoms with Crippen molar-refractivity contribution in [3.05, 3.63) is 77.5 Å². The van der Waals surface area contributed by atoms with Gasteiger partial charge in [-0.2, -0.15) is 0 Å². The average molecular weight is 486 g/mol. The highest BCUT2D eigenvalue weighted by Gasteiger charge is 2.39. The second-order valence-corrected chi connectivity index (χ2v) is 9.92. The first-order valence-corrected chi connectivity index (χ1v) is 13.0. The zero-order chi connectivity index (χ0) is 25.0. The van der Waals surface area contributed by atoms with E-state index in [-0.39, 0.29) is 17.4 Å². The zero-order valence-electron chi connectivity index (χ0n) is 20.6. The van der Waals surface area contributed by atoms with Crippen molar-refractivity contribution in [2.45, 2.75) is 43.6 Å². The van der Waals surface area contributed by atoms with Gasteiger partial charge in [-0.3, -0.25) is 4.79 Å². The molecule has 1 aliphatic carbocycles. The van der Waals surface area contributed by atoms with Gasteiger partial charge in [-0.1, -0.05) is 54.6 Å². The summed E-state index contributed by atoms with van der Waals surface area (Å²) >= 11 is 0. The van der Waals surface area contributed by atoms with Gasteiger partial charge in [-0.25, -0.2) is 4.79 Å². The van der Waals surface area contributed by atoms with Crippen LogP contribution in [0.1, 0.15) is 42.4 Å². The first-order chi connectivity index (χ1) is 17.6. The Morgan fingerprint density at radius 1 is 1.06 bits per heavy atom. The lowest BCUT2D eigenvalue weighted by Gasteiger charge is -2.39. The van der Waals surface area contributed by atoms with Crippen LogP contribution in [-0.2, 0) is 16.6 Å². The molecule has 0 unspecified atom stereocenters. The van der Waals surface area contributed by atoms with Gasteiger partial charge < -0.3 is 26.3 Å². The Morgan fingerprint density at radius 2 is 1.83 bits per heavy atom. The molecule has 1 atom stereocenters. The molecule has 2 heterocycles. The second-order valence-electron chi connectivity index (χ2n) is 9.92. The van der Waals surface area contributed by atoms with E-state index in [0.29, 0.717) is 32.6 Å². The highest BCUT2D eigenvalue weighted by atomic mass is 16.2. The molecule has 0 bridgehead atoms. The number of carbonyl (C=O) groups excluding carboxylic acids is 2. The smallest absolute Gasteiger partial charge is 0.318 e. The number of rotatable bonds is 8. The van der Waals surface area contributed by atoms with Gasteiger partial charge in [0.2, 0.25) is 5.91 Å². The van der Waals surface area contributed by atoms with Crippen LogP contribution < -0.4 is 16.4 Å². The number of fused-ring (bicyclic) bond motifs is 3. The molecule has 5 N–H and O–H groups in total. The molecule has 5 rings (SSSR count). The SMILES string of the molecule is NCCCCNC(=O)[C@H](Cc1c[nH]c2ccccc12)NC(=O)N1CCC2(C=Cc3ccccc32)CC1. The number of nitrogens with zero attached hydrogens (tertiary/aromatic N) is 1. The van der Waals surface area contributed by atoms with Crippen molar-refractivity contribution in [2.24, 2.45) is 5.73 Å². The number of H-pyrrole nitrogens is 1. The maximum Gasteiger partial charge on any atom is 0.318 e. The number of unbranched alkanes of at least 4 members (excludes halogenated alkanes) is 1. The minimum atomic E-state index is -0.655. The third-order valence-electron chi connectivity index (χ3n) is 7.67. The molecule has 3 amide bonds. The number of nitrogens with one attached hydrogen (secondary N) is 3. The zero-order valence-corrected chi connectivity index (χ0v) is 20.6. The highest BCUT2D eigenvalue weighted by molar-refractivity contribution is 5.89. The lowest BCUT2D eigenvalue weighted by Crippen LogP contribution is -2.54. The molecule has 3 aromatic rings. The number of piperidine rings is 1. The van der Waals surface area contributed by atoms with E-state index in [2.05, 4.69) is 52.0 Å². The van der Waals surface area contributed by atoms with Crippen LogP contribution in [0.15, 0.2) is 60.8 Å². The molecular weight excluding hydrogens is 450 g/mol. The molecule has 188 valence electrons. The Kier molecular flexibility index (Phi) is 7.09. The van der Waals surface area contributed by atoms with Crippen LogP contribution in [0.2, 0.25) is 0 Å². The molecule has 7 heteroatoms. The lowest BCUT2D eigenvalue weighted by atomic mass is 9.74. The van der Waals surface area contributed by atoms with Crippen LogP contribution in [0.5, 0.6) is 0 Å². The molecule has 1 aromatic heterocycles. The van der Waals surface area contributed by atoms with Gasteiger partial charge in [-0.15, -0.1) is 0 Å². The Morgan fingerprint density at radius 3 is 2.67 bits per heavy atom. The van der Waals surface area contributed by atoms with Gasteiger partial charge in [0.25, 0.3) is 0 Å². The summed E-state index contributed by atoms with van der Waals surface area (Å²) in [6, 6.07) is 15.7. The number of aromatic nitrogens is 1. The van der Waals surface area contributed by atoms with E-state index in [1.807, 2.05) is 35.4 Å². The van der Waals surface area contributed by atoms with Gasteiger partial charge in [-0.05, 0) is 55.0 Å². The third-order valence-corrected chi connectivity index (χ3v) is 7.67. The number of urea groups is 1. The van der Waals surface area contributed by atoms with Crippen molar-refractivity contribution in [3.63, 3.8) is 0 Å². The first kappa shape index (κ1) is 24.1. The minimum absolute atomic E-state index is 0.0111. The fourth-order valence-corrected chi connectivity index (χ4v) is 5.55. The minimum Gasteiger partial charge on any atom is -0.361 e. The molecule has 2 aromatic carbocycles. The summed E-state index contributed by atoms with van der Waals surface area (Å²) in [5.41, 5.74) is 10.3. The molecule has 1 saturated heterocycles.